The molecule has 0 bridgehead atoms. The molecule has 2 aromatic rings. The van der Waals surface area contributed by atoms with Gasteiger partial charge in [-0.2, -0.15) is 0 Å². The first-order valence-electron chi connectivity index (χ1n) is 6.53. The second-order valence-corrected chi connectivity index (χ2v) is 6.33. The van der Waals surface area contributed by atoms with E-state index in [2.05, 4.69) is 28.7 Å². The Bertz CT molecular complexity index is 623. The molecule has 2 heterocycles. The average Bonchev–Trinajstić information content (AvgIpc) is 2.84. The highest BCUT2D eigenvalue weighted by Gasteiger charge is 2.17. The van der Waals surface area contributed by atoms with Gasteiger partial charge in [0.1, 0.15) is 15.5 Å². The van der Waals surface area contributed by atoms with Crippen molar-refractivity contribution >= 4 is 45.1 Å². The third kappa shape index (κ3) is 2.88. The minimum atomic E-state index is -0.914. The maximum Gasteiger partial charge on any atom is 0.345 e. The van der Waals surface area contributed by atoms with E-state index in [4.69, 9.17) is 5.11 Å². The van der Waals surface area contributed by atoms with Crippen LogP contribution in [0, 0.1) is 0 Å². The van der Waals surface area contributed by atoms with Crippen LogP contribution in [0.5, 0.6) is 0 Å². The van der Waals surface area contributed by atoms with E-state index in [0.717, 1.165) is 34.9 Å². The highest BCUT2D eigenvalue weighted by atomic mass is 32.2. The predicted molar refractivity (Wildman–Crippen MR) is 84.3 cm³/mol. The molecule has 1 N–H and O–H groups in total. The van der Waals surface area contributed by atoms with Crippen molar-refractivity contribution in [1.29, 1.82) is 0 Å². The fourth-order valence-corrected chi connectivity index (χ4v) is 3.44. The molecule has 0 unspecified atom stereocenters. The number of nitrogens with zero attached hydrogens (tertiary/aromatic N) is 3. The maximum absolute atomic E-state index is 11.1. The second-order valence-electron chi connectivity index (χ2n) is 4.07. The molecule has 0 aromatic carbocycles. The van der Waals surface area contributed by atoms with Crippen LogP contribution in [0.2, 0.25) is 0 Å². The monoisotopic (exact) mass is 311 g/mol. The Morgan fingerprint density at radius 2 is 2.05 bits per heavy atom. The first-order valence-corrected chi connectivity index (χ1v) is 8.33. The zero-order valence-corrected chi connectivity index (χ0v) is 13.3. The van der Waals surface area contributed by atoms with Gasteiger partial charge in [0.05, 0.1) is 5.39 Å². The van der Waals surface area contributed by atoms with Crippen molar-refractivity contribution in [3.63, 3.8) is 0 Å². The van der Waals surface area contributed by atoms with Crippen molar-refractivity contribution < 1.29 is 9.90 Å². The Kier molecular flexibility index (Phi) is 4.82. The molecule has 0 saturated carbocycles. The van der Waals surface area contributed by atoms with Crippen LogP contribution in [0.3, 0.4) is 0 Å². The van der Waals surface area contributed by atoms with Crippen molar-refractivity contribution in [3.8, 4) is 0 Å². The van der Waals surface area contributed by atoms with Crippen LogP contribution in [0.4, 0.5) is 5.82 Å². The number of rotatable bonds is 6. The third-order valence-electron chi connectivity index (χ3n) is 2.90. The first kappa shape index (κ1) is 15.1. The number of aromatic carboxylic acids is 1. The molecule has 0 aliphatic rings. The molecular formula is C13H17N3O2S2. The lowest BCUT2D eigenvalue weighted by atomic mass is 10.3. The zero-order chi connectivity index (χ0) is 14.7. The summed E-state index contributed by atoms with van der Waals surface area (Å²) < 4.78 is 0. The summed E-state index contributed by atoms with van der Waals surface area (Å²) in [4.78, 5) is 23.4. The predicted octanol–water partition coefficient (Wildman–Crippen LogP) is 3.35. The van der Waals surface area contributed by atoms with Gasteiger partial charge in [-0.1, -0.05) is 18.7 Å². The molecule has 0 fully saturated rings. The van der Waals surface area contributed by atoms with Crippen LogP contribution in [0.15, 0.2) is 11.2 Å². The molecule has 0 saturated heterocycles. The van der Waals surface area contributed by atoms with Crippen LogP contribution >= 0.6 is 23.1 Å². The first-order chi connectivity index (χ1) is 9.60. The van der Waals surface area contributed by atoms with Gasteiger partial charge in [-0.3, -0.25) is 0 Å². The summed E-state index contributed by atoms with van der Waals surface area (Å²) in [7, 11) is 0. The van der Waals surface area contributed by atoms with Crippen molar-refractivity contribution in [2.45, 2.75) is 25.9 Å². The van der Waals surface area contributed by atoms with Crippen LogP contribution in [-0.2, 0) is 0 Å². The fourth-order valence-electron chi connectivity index (χ4n) is 1.95. The van der Waals surface area contributed by atoms with Gasteiger partial charge < -0.3 is 10.0 Å². The van der Waals surface area contributed by atoms with Gasteiger partial charge in [0.25, 0.3) is 0 Å². The van der Waals surface area contributed by atoms with Crippen LogP contribution in [0.25, 0.3) is 10.2 Å². The summed E-state index contributed by atoms with van der Waals surface area (Å²) in [6.07, 6.45) is 0. The smallest absolute Gasteiger partial charge is 0.345 e. The van der Waals surface area contributed by atoms with E-state index in [-0.39, 0.29) is 0 Å². The summed E-state index contributed by atoms with van der Waals surface area (Å²) >= 11 is 2.78. The SMILES string of the molecule is CCSc1nc(N(CC)CC)c2cc(C(=O)O)sc2n1. The summed E-state index contributed by atoms with van der Waals surface area (Å²) in [5.41, 5.74) is 0. The molecule has 20 heavy (non-hydrogen) atoms. The number of hydrogen-bond acceptors (Lipinski definition) is 6. The Morgan fingerprint density at radius 1 is 1.35 bits per heavy atom. The van der Waals surface area contributed by atoms with Gasteiger partial charge in [0, 0.05) is 13.1 Å². The van der Waals surface area contributed by atoms with Crippen LogP contribution in [-0.4, -0.2) is 39.9 Å². The number of thioether (sulfide) groups is 1. The van der Waals surface area contributed by atoms with E-state index in [1.165, 1.54) is 11.3 Å². The van der Waals surface area contributed by atoms with E-state index in [1.54, 1.807) is 17.8 Å². The topological polar surface area (TPSA) is 66.3 Å². The van der Waals surface area contributed by atoms with Crippen molar-refractivity contribution in [3.05, 3.63) is 10.9 Å². The Hall–Kier alpha value is -1.34. The number of hydrogen-bond donors (Lipinski definition) is 1. The van der Waals surface area contributed by atoms with Gasteiger partial charge in [-0.05, 0) is 25.7 Å². The number of fused-ring (bicyclic) bond motifs is 1. The molecule has 0 amide bonds. The summed E-state index contributed by atoms with van der Waals surface area (Å²) in [6.45, 7) is 7.84. The molecule has 2 rings (SSSR count). The minimum Gasteiger partial charge on any atom is -0.477 e. The largest absolute Gasteiger partial charge is 0.477 e. The van der Waals surface area contributed by atoms with Crippen molar-refractivity contribution in [1.82, 2.24) is 9.97 Å². The lowest BCUT2D eigenvalue weighted by Gasteiger charge is -2.20. The average molecular weight is 311 g/mol. The molecule has 0 aliphatic carbocycles. The van der Waals surface area contributed by atoms with E-state index < -0.39 is 5.97 Å². The highest BCUT2D eigenvalue weighted by Crippen LogP contribution is 2.33. The highest BCUT2D eigenvalue weighted by molar-refractivity contribution is 7.99. The van der Waals surface area contributed by atoms with Crippen molar-refractivity contribution in [2.75, 3.05) is 23.7 Å². The second kappa shape index (κ2) is 6.41. The Labute approximate surface area is 126 Å². The molecule has 0 atom stereocenters. The Morgan fingerprint density at radius 3 is 2.60 bits per heavy atom. The third-order valence-corrected chi connectivity index (χ3v) is 4.65. The fraction of sp³-hybridized carbons (Fsp3) is 0.462. The van der Waals surface area contributed by atoms with E-state index in [9.17, 15) is 4.79 Å². The van der Waals surface area contributed by atoms with E-state index in [0.29, 0.717) is 10.0 Å². The number of thiophene rings is 1. The number of carboxylic acids is 1. The van der Waals surface area contributed by atoms with Crippen molar-refractivity contribution in [2.24, 2.45) is 0 Å². The standard InChI is InChI=1S/C13H17N3O2S2/c1-4-16(5-2)10-8-7-9(12(17)18)20-11(8)15-13(14-10)19-6-3/h7H,4-6H2,1-3H3,(H,17,18). The lowest BCUT2D eigenvalue weighted by molar-refractivity contribution is 0.0702. The minimum absolute atomic E-state index is 0.307. The maximum atomic E-state index is 11.1. The van der Waals surface area contributed by atoms with E-state index >= 15 is 0 Å². The summed E-state index contributed by atoms with van der Waals surface area (Å²) in [5, 5.41) is 10.7. The molecule has 2 aromatic heterocycles. The molecule has 108 valence electrons. The molecule has 0 spiro atoms. The number of anilines is 1. The van der Waals surface area contributed by atoms with Gasteiger partial charge in [-0.25, -0.2) is 14.8 Å². The van der Waals surface area contributed by atoms with Crippen LogP contribution < -0.4 is 4.90 Å². The number of aromatic nitrogens is 2. The Balaban J connectivity index is 2.64. The normalized spacial score (nSPS) is 10.9. The molecule has 0 aliphatic heterocycles. The summed E-state index contributed by atoms with van der Waals surface area (Å²) in [6, 6.07) is 1.68. The van der Waals surface area contributed by atoms with Gasteiger partial charge in [0.15, 0.2) is 5.16 Å². The van der Waals surface area contributed by atoms with Gasteiger partial charge >= 0.3 is 5.97 Å². The lowest BCUT2D eigenvalue weighted by Crippen LogP contribution is -2.23. The van der Waals surface area contributed by atoms with Crippen LogP contribution in [0.1, 0.15) is 30.4 Å². The number of carboxylic acid groups (broad SMARTS) is 1. The number of carbonyl (C=O) groups is 1. The molecule has 5 nitrogen and oxygen atoms in total. The van der Waals surface area contributed by atoms with Gasteiger partial charge in [-0.15, -0.1) is 11.3 Å². The molecule has 7 heteroatoms. The molecule has 0 radical (unpaired) electrons. The molecular weight excluding hydrogens is 294 g/mol. The zero-order valence-electron chi connectivity index (χ0n) is 11.7. The quantitative estimate of drug-likeness (QED) is 0.652. The van der Waals surface area contributed by atoms with Gasteiger partial charge in [0.2, 0.25) is 0 Å². The summed E-state index contributed by atoms with van der Waals surface area (Å²) in [5.74, 6) is 0.809. The van der Waals surface area contributed by atoms with E-state index in [1.807, 2.05) is 6.92 Å².